The zero-order chi connectivity index (χ0) is 17.7. The van der Waals surface area contributed by atoms with E-state index in [0.717, 1.165) is 4.31 Å². The lowest BCUT2D eigenvalue weighted by Crippen LogP contribution is -2.26. The number of carbonyl (C=O) groups is 1. The number of nitrogens with zero attached hydrogens (tertiary/aromatic N) is 1. The van der Waals surface area contributed by atoms with Crippen molar-refractivity contribution >= 4 is 33.4 Å². The number of hydrogen-bond acceptors (Lipinski definition) is 4. The van der Waals surface area contributed by atoms with Crippen molar-refractivity contribution < 1.29 is 13.2 Å². The normalized spacial score (nSPS) is 17.7. The summed E-state index contributed by atoms with van der Waals surface area (Å²) in [7, 11) is -0.522. The summed E-state index contributed by atoms with van der Waals surface area (Å²) >= 11 is 1.72. The maximum absolute atomic E-state index is 12.4. The molecule has 1 saturated carbocycles. The Morgan fingerprint density at radius 1 is 1.25 bits per heavy atom. The van der Waals surface area contributed by atoms with E-state index in [1.54, 1.807) is 23.9 Å². The average molecular weight is 371 g/mol. The summed E-state index contributed by atoms with van der Waals surface area (Å²) in [5, 5.41) is 3.24. The van der Waals surface area contributed by atoms with Gasteiger partial charge in [-0.25, -0.2) is 12.7 Å². The van der Waals surface area contributed by atoms with Gasteiger partial charge in [0.25, 0.3) is 0 Å². The van der Waals surface area contributed by atoms with Crippen LogP contribution in [0, 0.1) is 0 Å². The third kappa shape index (κ3) is 4.97. The number of benzene rings is 1. The largest absolute Gasteiger partial charge is 0.325 e. The molecule has 1 aliphatic carbocycles. The molecular formula is C17H26N2O3S2. The molecule has 7 heteroatoms. The van der Waals surface area contributed by atoms with E-state index >= 15 is 0 Å². The van der Waals surface area contributed by atoms with Crippen molar-refractivity contribution in [3.05, 3.63) is 24.3 Å². The van der Waals surface area contributed by atoms with Crippen LogP contribution in [0.25, 0.3) is 0 Å². The van der Waals surface area contributed by atoms with Gasteiger partial charge in [-0.2, -0.15) is 0 Å². The van der Waals surface area contributed by atoms with Gasteiger partial charge in [-0.1, -0.05) is 25.3 Å². The van der Waals surface area contributed by atoms with Crippen molar-refractivity contribution in [1.82, 2.24) is 4.31 Å². The molecule has 1 aromatic rings. The highest BCUT2D eigenvalue weighted by Gasteiger charge is 2.22. The van der Waals surface area contributed by atoms with Crippen LogP contribution in [-0.4, -0.2) is 43.2 Å². The summed E-state index contributed by atoms with van der Waals surface area (Å²) in [6.07, 6.45) is 6.15. The molecule has 1 atom stereocenters. The molecule has 5 nitrogen and oxygen atoms in total. The molecule has 2 rings (SSSR count). The molecule has 0 spiro atoms. The Kier molecular flexibility index (Phi) is 6.71. The number of sulfonamides is 1. The smallest absolute Gasteiger partial charge is 0.242 e. The third-order valence-electron chi connectivity index (χ3n) is 4.20. The van der Waals surface area contributed by atoms with Crippen molar-refractivity contribution in [3.8, 4) is 0 Å². The van der Waals surface area contributed by atoms with Gasteiger partial charge in [0.05, 0.1) is 10.1 Å². The Morgan fingerprint density at radius 2 is 1.92 bits per heavy atom. The van der Waals surface area contributed by atoms with E-state index in [2.05, 4.69) is 5.32 Å². The van der Waals surface area contributed by atoms with Crippen LogP contribution in [0.2, 0.25) is 0 Å². The van der Waals surface area contributed by atoms with E-state index in [1.165, 1.54) is 58.3 Å². The van der Waals surface area contributed by atoms with Gasteiger partial charge < -0.3 is 5.32 Å². The highest BCUT2D eigenvalue weighted by molar-refractivity contribution is 8.01. The van der Waals surface area contributed by atoms with E-state index in [-0.39, 0.29) is 16.1 Å². The summed E-state index contributed by atoms with van der Waals surface area (Å²) in [4.78, 5) is 12.6. The first-order chi connectivity index (χ1) is 11.3. The molecule has 1 fully saturated rings. The van der Waals surface area contributed by atoms with Crippen molar-refractivity contribution in [2.45, 2.75) is 54.4 Å². The van der Waals surface area contributed by atoms with Crippen LogP contribution >= 0.6 is 11.8 Å². The van der Waals surface area contributed by atoms with Crippen LogP contribution in [0.5, 0.6) is 0 Å². The van der Waals surface area contributed by atoms with Crippen molar-refractivity contribution in [3.63, 3.8) is 0 Å². The number of thioether (sulfide) groups is 1. The number of rotatable bonds is 6. The summed E-state index contributed by atoms with van der Waals surface area (Å²) in [5.41, 5.74) is 0.513. The molecule has 0 heterocycles. The van der Waals surface area contributed by atoms with Crippen LogP contribution < -0.4 is 5.32 Å². The minimum Gasteiger partial charge on any atom is -0.325 e. The second kappa shape index (κ2) is 8.36. The van der Waals surface area contributed by atoms with Gasteiger partial charge in [0.1, 0.15) is 0 Å². The van der Waals surface area contributed by atoms with Crippen LogP contribution in [-0.2, 0) is 14.8 Å². The molecule has 1 aromatic carbocycles. The fourth-order valence-corrected chi connectivity index (χ4v) is 5.05. The van der Waals surface area contributed by atoms with Gasteiger partial charge >= 0.3 is 0 Å². The van der Waals surface area contributed by atoms with E-state index in [4.69, 9.17) is 0 Å². The van der Waals surface area contributed by atoms with E-state index in [9.17, 15) is 13.2 Å². The van der Waals surface area contributed by atoms with E-state index in [0.29, 0.717) is 10.9 Å². The van der Waals surface area contributed by atoms with Crippen LogP contribution in [0.4, 0.5) is 5.69 Å². The first-order valence-corrected chi connectivity index (χ1v) is 10.7. The zero-order valence-corrected chi connectivity index (χ0v) is 16.1. The topological polar surface area (TPSA) is 66.5 Å². The summed E-state index contributed by atoms with van der Waals surface area (Å²) in [5.74, 6) is -0.0787. The van der Waals surface area contributed by atoms with Gasteiger partial charge in [0, 0.05) is 25.0 Å². The lowest BCUT2D eigenvalue weighted by molar-refractivity contribution is -0.115. The number of nitrogens with one attached hydrogen (secondary N) is 1. The number of anilines is 1. The Bertz CT molecular complexity index is 668. The summed E-state index contributed by atoms with van der Waals surface area (Å²) in [6.45, 7) is 1.91. The quantitative estimate of drug-likeness (QED) is 0.834. The second-order valence-corrected chi connectivity index (χ2v) is 10.1. The predicted octanol–water partition coefficient (Wildman–Crippen LogP) is 3.33. The van der Waals surface area contributed by atoms with Gasteiger partial charge in [-0.05, 0) is 38.0 Å². The molecule has 0 saturated heterocycles. The van der Waals surface area contributed by atoms with Gasteiger partial charge in [0.15, 0.2) is 0 Å². The number of hydrogen-bond donors (Lipinski definition) is 1. The SMILES string of the molecule is C[C@@H](SC1CCCCC1)C(=O)Nc1cccc(S(=O)(=O)N(C)C)c1. The molecule has 1 amide bonds. The van der Waals surface area contributed by atoms with Crippen molar-refractivity contribution in [2.75, 3.05) is 19.4 Å². The van der Waals surface area contributed by atoms with Gasteiger partial charge in [0.2, 0.25) is 15.9 Å². The molecule has 1 N–H and O–H groups in total. The molecule has 0 bridgehead atoms. The Morgan fingerprint density at radius 3 is 2.54 bits per heavy atom. The lowest BCUT2D eigenvalue weighted by Gasteiger charge is -2.24. The van der Waals surface area contributed by atoms with E-state index < -0.39 is 10.0 Å². The molecular weight excluding hydrogens is 344 g/mol. The highest BCUT2D eigenvalue weighted by atomic mass is 32.2. The Hall–Kier alpha value is -1.05. The van der Waals surface area contributed by atoms with E-state index in [1.807, 2.05) is 6.92 Å². The second-order valence-electron chi connectivity index (χ2n) is 6.34. The minimum atomic E-state index is -3.50. The van der Waals surface area contributed by atoms with Crippen LogP contribution in [0.15, 0.2) is 29.2 Å². The molecule has 0 aliphatic heterocycles. The molecule has 0 radical (unpaired) electrons. The summed E-state index contributed by atoms with van der Waals surface area (Å²) in [6, 6.07) is 6.39. The number of carbonyl (C=O) groups excluding carboxylic acids is 1. The first kappa shape index (κ1) is 19.3. The van der Waals surface area contributed by atoms with Gasteiger partial charge in [-0.15, -0.1) is 11.8 Å². The zero-order valence-electron chi connectivity index (χ0n) is 14.5. The highest BCUT2D eigenvalue weighted by Crippen LogP contribution is 2.31. The average Bonchev–Trinajstić information content (AvgIpc) is 2.55. The maximum Gasteiger partial charge on any atom is 0.242 e. The standard InChI is InChI=1S/C17H26N2O3S2/c1-13(23-15-9-5-4-6-10-15)17(20)18-14-8-7-11-16(12-14)24(21,22)19(2)3/h7-8,11-13,15H,4-6,9-10H2,1-3H3,(H,18,20)/t13-/m1/s1. The third-order valence-corrected chi connectivity index (χ3v) is 7.49. The predicted molar refractivity (Wildman–Crippen MR) is 99.9 cm³/mol. The fraction of sp³-hybridized carbons (Fsp3) is 0.588. The van der Waals surface area contributed by atoms with Crippen molar-refractivity contribution in [1.29, 1.82) is 0 Å². The van der Waals surface area contributed by atoms with Crippen LogP contribution in [0.3, 0.4) is 0 Å². The van der Waals surface area contributed by atoms with Gasteiger partial charge in [-0.3, -0.25) is 4.79 Å². The van der Waals surface area contributed by atoms with Crippen LogP contribution in [0.1, 0.15) is 39.0 Å². The minimum absolute atomic E-state index is 0.0787. The van der Waals surface area contributed by atoms with Crippen molar-refractivity contribution in [2.24, 2.45) is 0 Å². The summed E-state index contributed by atoms with van der Waals surface area (Å²) < 4.78 is 25.5. The Balaban J connectivity index is 2.01. The molecule has 1 aliphatic rings. The molecule has 134 valence electrons. The first-order valence-electron chi connectivity index (χ1n) is 8.29. The maximum atomic E-state index is 12.4. The number of amides is 1. The monoisotopic (exact) mass is 370 g/mol. The molecule has 0 unspecified atom stereocenters. The lowest BCUT2D eigenvalue weighted by atomic mass is 10.0. The Labute approximate surface area is 149 Å². The fourth-order valence-electron chi connectivity index (χ4n) is 2.74. The molecule has 0 aromatic heterocycles. The molecule has 24 heavy (non-hydrogen) atoms.